The van der Waals surface area contributed by atoms with E-state index >= 15 is 0 Å². The number of carboxylic acid groups (broad SMARTS) is 1. The normalized spacial score (nSPS) is 8.15. The van der Waals surface area contributed by atoms with Crippen molar-refractivity contribution in [2.45, 2.75) is 13.8 Å². The first kappa shape index (κ1) is 15.4. The maximum Gasteiger partial charge on any atom is 1.00 e. The second-order valence-corrected chi connectivity index (χ2v) is 2.50. The van der Waals surface area contributed by atoms with Crippen molar-refractivity contribution < 1.29 is 47.6 Å². The molecule has 0 saturated heterocycles. The van der Waals surface area contributed by atoms with Crippen LogP contribution in [0, 0.1) is 19.9 Å². The van der Waals surface area contributed by atoms with Gasteiger partial charge in [-0.2, -0.15) is 29.3 Å². The molecule has 1 aromatic carbocycles. The molecule has 0 saturated carbocycles. The summed E-state index contributed by atoms with van der Waals surface area (Å²) in [5.41, 5.74) is 1.76. The van der Waals surface area contributed by atoms with E-state index in [0.29, 0.717) is 5.56 Å². The first-order chi connectivity index (χ1) is 5.11. The Kier molecular flexibility index (Phi) is 7.51. The molecule has 0 aromatic heterocycles. The molecule has 0 amide bonds. The molecular formula is C9H8Li2O2. The predicted molar refractivity (Wildman–Crippen MR) is 39.1 cm³/mol. The van der Waals surface area contributed by atoms with Crippen LogP contribution in [-0.2, 0) is 0 Å². The van der Waals surface area contributed by atoms with Crippen LogP contribution in [0.5, 0.6) is 0 Å². The standard InChI is InChI=1S/C9H9O2.2Li/c1-6-3-4-7(2)8(5-6)9(10)11;;/h4-5H,1-2H3,(H,10,11);;/q-1;2*+1/p-1. The molecular weight excluding hydrogens is 154 g/mol. The van der Waals surface area contributed by atoms with Gasteiger partial charge >= 0.3 is 37.7 Å². The molecule has 0 aliphatic heterocycles. The van der Waals surface area contributed by atoms with Crippen molar-refractivity contribution in [3.05, 3.63) is 34.9 Å². The summed E-state index contributed by atoms with van der Waals surface area (Å²) in [4.78, 5) is 10.4. The van der Waals surface area contributed by atoms with Crippen LogP contribution in [0.15, 0.2) is 12.1 Å². The van der Waals surface area contributed by atoms with Gasteiger partial charge in [-0.05, 0) is 0 Å². The summed E-state index contributed by atoms with van der Waals surface area (Å²) in [6, 6.07) is 6.12. The summed E-state index contributed by atoms with van der Waals surface area (Å²) in [6.07, 6.45) is 0. The molecule has 0 aliphatic carbocycles. The first-order valence-corrected chi connectivity index (χ1v) is 3.31. The zero-order valence-electron chi connectivity index (χ0n) is 8.47. The minimum absolute atomic E-state index is 0. The molecule has 0 radical (unpaired) electrons. The quantitative estimate of drug-likeness (QED) is 0.305. The van der Waals surface area contributed by atoms with Gasteiger partial charge in [-0.15, -0.1) is 5.56 Å². The molecule has 58 valence electrons. The first-order valence-electron chi connectivity index (χ1n) is 3.31. The Morgan fingerprint density at radius 1 is 1.38 bits per heavy atom. The molecule has 0 spiro atoms. The van der Waals surface area contributed by atoms with Crippen LogP contribution in [0.2, 0.25) is 0 Å². The third-order valence-corrected chi connectivity index (χ3v) is 1.52. The van der Waals surface area contributed by atoms with E-state index in [2.05, 4.69) is 6.07 Å². The van der Waals surface area contributed by atoms with Crippen molar-refractivity contribution in [2.75, 3.05) is 0 Å². The van der Waals surface area contributed by atoms with Crippen LogP contribution in [0.1, 0.15) is 21.5 Å². The van der Waals surface area contributed by atoms with Crippen LogP contribution < -0.4 is 42.8 Å². The van der Waals surface area contributed by atoms with Crippen LogP contribution in [0.4, 0.5) is 0 Å². The fraction of sp³-hybridized carbons (Fsp3) is 0.222. The van der Waals surface area contributed by atoms with Crippen molar-refractivity contribution in [2.24, 2.45) is 0 Å². The number of carbonyl (C=O) groups is 1. The van der Waals surface area contributed by atoms with Gasteiger partial charge < -0.3 is 9.90 Å². The number of carboxylic acids is 1. The van der Waals surface area contributed by atoms with Gasteiger partial charge in [0.15, 0.2) is 0 Å². The third kappa shape index (κ3) is 4.07. The number of hydrogen-bond acceptors (Lipinski definition) is 2. The van der Waals surface area contributed by atoms with Crippen molar-refractivity contribution >= 4 is 5.97 Å². The van der Waals surface area contributed by atoms with E-state index in [1.807, 2.05) is 0 Å². The number of aromatic carboxylic acids is 1. The van der Waals surface area contributed by atoms with Crippen LogP contribution >= 0.6 is 0 Å². The number of aryl methyl sites for hydroxylation is 2. The monoisotopic (exact) mass is 162 g/mol. The molecule has 2 nitrogen and oxygen atoms in total. The summed E-state index contributed by atoms with van der Waals surface area (Å²) in [5, 5.41) is 10.4. The van der Waals surface area contributed by atoms with Gasteiger partial charge in [-0.3, -0.25) is 0 Å². The topological polar surface area (TPSA) is 40.1 Å². The smallest absolute Gasteiger partial charge is 0.547 e. The Morgan fingerprint density at radius 2 is 1.92 bits per heavy atom. The SMILES string of the molecule is Cc1[c-]cc(C)c(C(=O)[O-])c1.[Li+].[Li+]. The molecule has 0 aliphatic rings. The maximum absolute atomic E-state index is 10.4. The molecule has 1 aromatic rings. The molecule has 4 heteroatoms. The Balaban J connectivity index is 0. The Hall–Kier alpha value is -0.115. The maximum atomic E-state index is 10.4. The molecule has 0 N–H and O–H groups in total. The minimum atomic E-state index is -1.13. The van der Waals surface area contributed by atoms with Crippen LogP contribution in [0.25, 0.3) is 0 Å². The summed E-state index contributed by atoms with van der Waals surface area (Å²) in [6.45, 7) is 3.52. The van der Waals surface area contributed by atoms with Crippen LogP contribution in [0.3, 0.4) is 0 Å². The summed E-state index contributed by atoms with van der Waals surface area (Å²) in [7, 11) is 0. The summed E-state index contributed by atoms with van der Waals surface area (Å²) < 4.78 is 0. The van der Waals surface area contributed by atoms with E-state index < -0.39 is 5.97 Å². The van der Waals surface area contributed by atoms with Crippen molar-refractivity contribution in [1.29, 1.82) is 0 Å². The Labute approximate surface area is 102 Å². The molecule has 0 atom stereocenters. The van der Waals surface area contributed by atoms with Crippen LogP contribution in [-0.4, -0.2) is 5.97 Å². The zero-order chi connectivity index (χ0) is 8.43. The zero-order valence-corrected chi connectivity index (χ0v) is 8.47. The number of hydrogen-bond donors (Lipinski definition) is 0. The van der Waals surface area contributed by atoms with E-state index in [1.165, 1.54) is 0 Å². The van der Waals surface area contributed by atoms with Gasteiger partial charge in [0.2, 0.25) is 0 Å². The van der Waals surface area contributed by atoms with E-state index in [1.54, 1.807) is 26.0 Å². The van der Waals surface area contributed by atoms with Gasteiger partial charge in [0.1, 0.15) is 0 Å². The summed E-state index contributed by atoms with van der Waals surface area (Å²) >= 11 is 0. The Morgan fingerprint density at radius 3 is 2.31 bits per heavy atom. The van der Waals surface area contributed by atoms with Gasteiger partial charge in [0, 0.05) is 5.97 Å². The fourth-order valence-corrected chi connectivity index (χ4v) is 0.892. The summed E-state index contributed by atoms with van der Waals surface area (Å²) in [5.74, 6) is -1.13. The number of rotatable bonds is 1. The molecule has 0 bridgehead atoms. The van der Waals surface area contributed by atoms with Gasteiger partial charge in [0.05, 0.1) is 0 Å². The molecule has 1 rings (SSSR count). The molecule has 0 fully saturated rings. The predicted octanol–water partition coefficient (Wildman–Crippen LogP) is -5.52. The average molecular weight is 162 g/mol. The van der Waals surface area contributed by atoms with Gasteiger partial charge in [0.25, 0.3) is 0 Å². The van der Waals surface area contributed by atoms with Gasteiger partial charge in [-0.1, -0.05) is 13.8 Å². The van der Waals surface area contributed by atoms with Crippen molar-refractivity contribution in [3.8, 4) is 0 Å². The molecule has 0 unspecified atom stereocenters. The van der Waals surface area contributed by atoms with E-state index in [9.17, 15) is 9.90 Å². The second-order valence-electron chi connectivity index (χ2n) is 2.50. The van der Waals surface area contributed by atoms with Crippen molar-refractivity contribution in [1.82, 2.24) is 0 Å². The van der Waals surface area contributed by atoms with Crippen molar-refractivity contribution in [3.63, 3.8) is 0 Å². The third-order valence-electron chi connectivity index (χ3n) is 1.52. The molecule has 0 heterocycles. The average Bonchev–Trinajstić information content (AvgIpc) is 1.94. The van der Waals surface area contributed by atoms with E-state index in [-0.39, 0.29) is 43.3 Å². The fourth-order valence-electron chi connectivity index (χ4n) is 0.892. The van der Waals surface area contributed by atoms with Gasteiger partial charge in [-0.25, -0.2) is 0 Å². The molecule has 13 heavy (non-hydrogen) atoms. The largest absolute Gasteiger partial charge is 1.00 e. The Bertz CT molecular complexity index is 298. The minimum Gasteiger partial charge on any atom is -0.547 e. The number of carbonyl (C=O) groups excluding carboxylic acids is 1. The van der Waals surface area contributed by atoms with E-state index in [0.717, 1.165) is 5.56 Å². The second kappa shape index (κ2) is 6.36. The van der Waals surface area contributed by atoms with E-state index in [4.69, 9.17) is 0 Å². The number of benzene rings is 1.